The second-order valence-electron chi connectivity index (χ2n) is 4.60. The van der Waals surface area contributed by atoms with Gasteiger partial charge >= 0.3 is 7.60 Å². The topological polar surface area (TPSA) is 122 Å². The third-order valence-electron chi connectivity index (χ3n) is 3.18. The second kappa shape index (κ2) is 4.70. The van der Waals surface area contributed by atoms with Crippen molar-refractivity contribution in [2.75, 3.05) is 6.16 Å². The Morgan fingerprint density at radius 1 is 1.10 bits per heavy atom. The van der Waals surface area contributed by atoms with Gasteiger partial charge in [0.2, 0.25) is 11.6 Å². The Bertz CT molecular complexity index is 807. The van der Waals surface area contributed by atoms with E-state index < -0.39 is 25.3 Å². The van der Waals surface area contributed by atoms with Crippen LogP contribution in [0, 0.1) is 0 Å². The zero-order chi connectivity index (χ0) is 15.2. The number of nitrogens with zero attached hydrogens (tertiary/aromatic N) is 3. The summed E-state index contributed by atoms with van der Waals surface area (Å²) in [5, 5.41) is 7.34. The molecule has 0 spiro atoms. The lowest BCUT2D eigenvalue weighted by Gasteiger charge is -2.14. The fourth-order valence-electron chi connectivity index (χ4n) is 2.21. The van der Waals surface area contributed by atoms with Crippen LogP contribution in [0.15, 0.2) is 24.3 Å². The molecule has 0 radical (unpaired) electrons. The molecule has 3 rings (SSSR count). The van der Waals surface area contributed by atoms with Gasteiger partial charge in [0.1, 0.15) is 5.69 Å². The van der Waals surface area contributed by atoms with E-state index in [1.165, 1.54) is 12.1 Å². The fourth-order valence-corrected chi connectivity index (χ4v) is 2.66. The normalized spacial score (nSPS) is 14.0. The van der Waals surface area contributed by atoms with E-state index in [0.717, 1.165) is 4.68 Å². The Hall–Kier alpha value is -2.15. The molecule has 1 aliphatic rings. The molecule has 0 unspecified atom stereocenters. The number of fused-ring (bicyclic) bond motifs is 2. The van der Waals surface area contributed by atoms with E-state index >= 15 is 0 Å². The average molecular weight is 307 g/mol. The molecular weight excluding hydrogens is 297 g/mol. The van der Waals surface area contributed by atoms with Gasteiger partial charge in [-0.25, -0.2) is 4.68 Å². The summed E-state index contributed by atoms with van der Waals surface area (Å²) in [5.41, 5.74) is 0.406. The van der Waals surface area contributed by atoms with Gasteiger partial charge < -0.3 is 9.79 Å². The van der Waals surface area contributed by atoms with E-state index in [1.54, 1.807) is 12.1 Å². The van der Waals surface area contributed by atoms with Crippen LogP contribution < -0.4 is 0 Å². The van der Waals surface area contributed by atoms with Gasteiger partial charge in [0.15, 0.2) is 5.69 Å². The van der Waals surface area contributed by atoms with Crippen molar-refractivity contribution in [3.63, 3.8) is 0 Å². The summed E-state index contributed by atoms with van der Waals surface area (Å²) in [4.78, 5) is 42.4. The highest BCUT2D eigenvalue weighted by molar-refractivity contribution is 7.51. The number of carbonyl (C=O) groups is 2. The number of aromatic nitrogens is 3. The Morgan fingerprint density at radius 3 is 2.33 bits per heavy atom. The highest BCUT2D eigenvalue weighted by Gasteiger charge is 2.35. The van der Waals surface area contributed by atoms with Crippen LogP contribution in [0.5, 0.6) is 0 Å². The Kier molecular flexibility index (Phi) is 3.09. The molecule has 0 aliphatic heterocycles. The molecule has 0 fully saturated rings. The number of hydrogen-bond donors (Lipinski definition) is 2. The minimum absolute atomic E-state index is 0.0212. The maximum Gasteiger partial charge on any atom is 0.327 e. The second-order valence-corrected chi connectivity index (χ2v) is 6.38. The van der Waals surface area contributed by atoms with Crippen LogP contribution >= 0.6 is 7.60 Å². The third kappa shape index (κ3) is 2.33. The van der Waals surface area contributed by atoms with Crippen LogP contribution in [0.25, 0.3) is 0 Å². The van der Waals surface area contributed by atoms with Crippen molar-refractivity contribution in [1.82, 2.24) is 15.0 Å². The predicted octanol–water partition coefficient (Wildman–Crippen LogP) is 0.231. The molecule has 2 N–H and O–H groups in total. The Balaban J connectivity index is 2.05. The molecule has 8 nitrogen and oxygen atoms in total. The summed E-state index contributed by atoms with van der Waals surface area (Å²) < 4.78 is 12.0. The molecule has 9 heteroatoms. The zero-order valence-electron chi connectivity index (χ0n) is 10.6. The molecule has 108 valence electrons. The van der Waals surface area contributed by atoms with E-state index in [9.17, 15) is 14.2 Å². The lowest BCUT2D eigenvalue weighted by Crippen LogP contribution is -2.24. The average Bonchev–Trinajstić information content (AvgIpc) is 2.86. The monoisotopic (exact) mass is 307 g/mol. The number of ketones is 2. The quantitative estimate of drug-likeness (QED) is 0.664. The van der Waals surface area contributed by atoms with E-state index in [-0.39, 0.29) is 29.1 Å². The van der Waals surface area contributed by atoms with Gasteiger partial charge in [-0.3, -0.25) is 14.2 Å². The van der Waals surface area contributed by atoms with Gasteiger partial charge in [0, 0.05) is 11.1 Å². The summed E-state index contributed by atoms with van der Waals surface area (Å²) in [7, 11) is -4.23. The van der Waals surface area contributed by atoms with Crippen LogP contribution in [-0.4, -0.2) is 42.5 Å². The van der Waals surface area contributed by atoms with E-state index in [0.29, 0.717) is 0 Å². The van der Waals surface area contributed by atoms with Crippen LogP contribution in [0.2, 0.25) is 0 Å². The number of rotatable bonds is 3. The van der Waals surface area contributed by atoms with Crippen LogP contribution in [0.4, 0.5) is 0 Å². The third-order valence-corrected chi connectivity index (χ3v) is 3.97. The Morgan fingerprint density at radius 2 is 1.71 bits per heavy atom. The molecule has 1 aliphatic carbocycles. The van der Waals surface area contributed by atoms with E-state index in [2.05, 4.69) is 10.3 Å². The zero-order valence-corrected chi connectivity index (χ0v) is 11.5. The minimum atomic E-state index is -4.23. The molecule has 0 saturated carbocycles. The minimum Gasteiger partial charge on any atom is -0.324 e. The summed E-state index contributed by atoms with van der Waals surface area (Å²) in [6.45, 7) is -0.187. The highest BCUT2D eigenvalue weighted by atomic mass is 31.2. The highest BCUT2D eigenvalue weighted by Crippen LogP contribution is 2.34. The molecule has 1 aromatic carbocycles. The lowest BCUT2D eigenvalue weighted by molar-refractivity contribution is 0.0971. The molecular formula is C12H10N3O5P. The van der Waals surface area contributed by atoms with Gasteiger partial charge in [0.05, 0.1) is 12.7 Å². The van der Waals surface area contributed by atoms with Crippen molar-refractivity contribution in [2.24, 2.45) is 0 Å². The van der Waals surface area contributed by atoms with Gasteiger partial charge in [-0.1, -0.05) is 29.5 Å². The fraction of sp³-hybridized carbons (Fsp3) is 0.167. The number of hydrogen-bond acceptors (Lipinski definition) is 5. The number of aryl methyl sites for hydroxylation is 1. The smallest absolute Gasteiger partial charge is 0.324 e. The molecule has 21 heavy (non-hydrogen) atoms. The molecule has 0 saturated heterocycles. The van der Waals surface area contributed by atoms with Gasteiger partial charge in [-0.05, 0) is 0 Å². The predicted molar refractivity (Wildman–Crippen MR) is 70.2 cm³/mol. The molecule has 0 bridgehead atoms. The van der Waals surface area contributed by atoms with Crippen LogP contribution in [0.3, 0.4) is 0 Å². The summed E-state index contributed by atoms with van der Waals surface area (Å²) >= 11 is 0. The van der Waals surface area contributed by atoms with Crippen molar-refractivity contribution >= 4 is 19.2 Å². The van der Waals surface area contributed by atoms with Gasteiger partial charge in [-0.2, -0.15) is 0 Å². The van der Waals surface area contributed by atoms with E-state index in [4.69, 9.17) is 9.79 Å². The van der Waals surface area contributed by atoms with Crippen molar-refractivity contribution in [3.8, 4) is 0 Å². The molecule has 2 aromatic rings. The van der Waals surface area contributed by atoms with Gasteiger partial charge in [-0.15, -0.1) is 5.10 Å². The maximum atomic E-state index is 12.4. The van der Waals surface area contributed by atoms with Crippen LogP contribution in [-0.2, 0) is 11.1 Å². The first kappa shape index (κ1) is 13.8. The standard InChI is InChI=1S/C12H10N3O5P/c16-11-7-3-1-2-4-8(7)12(17)10-9(11)13-14-15(10)5-6-21(18,19)20/h1-4H,5-6H2,(H2,18,19,20). The molecule has 0 amide bonds. The Labute approximate surface area is 118 Å². The first-order valence-electron chi connectivity index (χ1n) is 6.05. The maximum absolute atomic E-state index is 12.4. The first-order valence-corrected chi connectivity index (χ1v) is 7.85. The van der Waals surface area contributed by atoms with Crippen molar-refractivity contribution in [2.45, 2.75) is 6.54 Å². The van der Waals surface area contributed by atoms with E-state index in [1.807, 2.05) is 0 Å². The van der Waals surface area contributed by atoms with Crippen LogP contribution in [0.1, 0.15) is 32.1 Å². The summed E-state index contributed by atoms with van der Waals surface area (Å²) in [6, 6.07) is 6.35. The largest absolute Gasteiger partial charge is 0.327 e. The molecule has 1 aromatic heterocycles. The summed E-state index contributed by atoms with van der Waals surface area (Å²) in [5.74, 6) is -0.835. The first-order chi connectivity index (χ1) is 9.88. The number of benzene rings is 1. The summed E-state index contributed by atoms with van der Waals surface area (Å²) in [6.07, 6.45) is -0.480. The SMILES string of the molecule is O=C1c2ccccc2C(=O)c2c1nnn2CCP(=O)(O)O. The van der Waals surface area contributed by atoms with Crippen molar-refractivity contribution in [3.05, 3.63) is 46.8 Å². The van der Waals surface area contributed by atoms with Crippen molar-refractivity contribution in [1.29, 1.82) is 0 Å². The number of carbonyl (C=O) groups excluding carboxylic acids is 2. The van der Waals surface area contributed by atoms with Gasteiger partial charge in [0.25, 0.3) is 0 Å². The van der Waals surface area contributed by atoms with Crippen molar-refractivity contribution < 1.29 is 23.9 Å². The lowest BCUT2D eigenvalue weighted by atomic mass is 9.90. The molecule has 0 atom stereocenters. The molecule has 1 heterocycles.